The van der Waals surface area contributed by atoms with Crippen LogP contribution in [0, 0.1) is 5.82 Å². The minimum absolute atomic E-state index is 0.0590. The van der Waals surface area contributed by atoms with E-state index in [1.165, 1.54) is 13.2 Å². The standard InChI is InChI=1S/C19H27FN2O3/c1-24-13-18(23)21-11-17-6-3-7-19(25-17)8-9-22(14-19)12-15-4-2-5-16(20)10-15/h2,4-5,10,17H,3,6-9,11-14H2,1H3,(H,21,23)/t17-,19-/m1/s1. The fourth-order valence-electron chi connectivity index (χ4n) is 3.93. The average Bonchev–Trinajstić information content (AvgIpc) is 2.95. The number of hydrogen-bond donors (Lipinski definition) is 1. The summed E-state index contributed by atoms with van der Waals surface area (Å²) in [7, 11) is 1.51. The first-order valence-electron chi connectivity index (χ1n) is 8.99. The molecule has 0 bridgehead atoms. The number of carbonyl (C=O) groups is 1. The number of nitrogens with one attached hydrogen (secondary N) is 1. The highest BCUT2D eigenvalue weighted by Crippen LogP contribution is 2.37. The van der Waals surface area contributed by atoms with E-state index in [9.17, 15) is 9.18 Å². The van der Waals surface area contributed by atoms with E-state index < -0.39 is 0 Å². The van der Waals surface area contributed by atoms with Gasteiger partial charge in [0.25, 0.3) is 0 Å². The second kappa shape index (κ2) is 8.25. The maximum atomic E-state index is 13.4. The van der Waals surface area contributed by atoms with E-state index >= 15 is 0 Å². The van der Waals surface area contributed by atoms with E-state index in [0.717, 1.165) is 50.9 Å². The molecule has 2 aliphatic heterocycles. The zero-order valence-electron chi connectivity index (χ0n) is 14.8. The Kier molecular flexibility index (Phi) is 6.04. The molecule has 5 nitrogen and oxygen atoms in total. The molecule has 1 aromatic rings. The predicted octanol–water partition coefficient (Wildman–Crippen LogP) is 2.10. The molecule has 1 aromatic carbocycles. The first-order chi connectivity index (χ1) is 12.1. The zero-order valence-corrected chi connectivity index (χ0v) is 14.8. The molecular weight excluding hydrogens is 323 g/mol. The summed E-state index contributed by atoms with van der Waals surface area (Å²) in [4.78, 5) is 13.9. The van der Waals surface area contributed by atoms with Crippen LogP contribution in [0.4, 0.5) is 4.39 Å². The van der Waals surface area contributed by atoms with E-state index in [2.05, 4.69) is 10.2 Å². The molecule has 0 saturated carbocycles. The van der Waals surface area contributed by atoms with Crippen molar-refractivity contribution in [2.45, 2.75) is 43.9 Å². The Balaban J connectivity index is 1.51. The third-order valence-electron chi connectivity index (χ3n) is 5.07. The summed E-state index contributed by atoms with van der Waals surface area (Å²) < 4.78 is 24.6. The fourth-order valence-corrected chi connectivity index (χ4v) is 3.93. The average molecular weight is 350 g/mol. The van der Waals surface area contributed by atoms with Gasteiger partial charge in [0.05, 0.1) is 11.7 Å². The van der Waals surface area contributed by atoms with Crippen LogP contribution in [0.5, 0.6) is 0 Å². The summed E-state index contributed by atoms with van der Waals surface area (Å²) in [6.45, 7) is 3.19. The molecule has 2 atom stereocenters. The highest BCUT2D eigenvalue weighted by molar-refractivity contribution is 5.77. The van der Waals surface area contributed by atoms with Crippen LogP contribution in [-0.4, -0.2) is 55.9 Å². The van der Waals surface area contributed by atoms with Crippen LogP contribution >= 0.6 is 0 Å². The summed E-state index contributed by atoms with van der Waals surface area (Å²) >= 11 is 0. The van der Waals surface area contributed by atoms with Crippen molar-refractivity contribution in [3.05, 3.63) is 35.6 Å². The lowest BCUT2D eigenvalue weighted by Crippen LogP contribution is -2.47. The summed E-state index contributed by atoms with van der Waals surface area (Å²) in [6, 6.07) is 6.79. The van der Waals surface area contributed by atoms with Crippen LogP contribution in [0.1, 0.15) is 31.2 Å². The lowest BCUT2D eigenvalue weighted by molar-refractivity contribution is -0.132. The van der Waals surface area contributed by atoms with Crippen molar-refractivity contribution in [2.75, 3.05) is 33.4 Å². The van der Waals surface area contributed by atoms with E-state index in [1.807, 2.05) is 6.07 Å². The van der Waals surface area contributed by atoms with Crippen molar-refractivity contribution in [3.8, 4) is 0 Å². The Morgan fingerprint density at radius 3 is 3.16 bits per heavy atom. The number of hydrogen-bond acceptors (Lipinski definition) is 4. The molecule has 0 aromatic heterocycles. The van der Waals surface area contributed by atoms with Gasteiger partial charge >= 0.3 is 0 Å². The maximum Gasteiger partial charge on any atom is 0.246 e. The Labute approximate surface area is 148 Å². The van der Waals surface area contributed by atoms with Gasteiger partial charge in [-0.3, -0.25) is 9.69 Å². The highest BCUT2D eigenvalue weighted by Gasteiger charge is 2.42. The number of likely N-dealkylation sites (tertiary alicyclic amines) is 1. The van der Waals surface area contributed by atoms with E-state index in [0.29, 0.717) is 6.54 Å². The number of ether oxygens (including phenoxy) is 2. The molecule has 3 rings (SSSR count). The molecule has 2 aliphatic rings. The molecule has 2 heterocycles. The SMILES string of the molecule is COCC(=O)NC[C@H]1CCC[C@]2(CCN(Cc3cccc(F)c3)C2)O1. The van der Waals surface area contributed by atoms with Crippen LogP contribution in [0.2, 0.25) is 0 Å². The Bertz CT molecular complexity index is 598. The summed E-state index contributed by atoms with van der Waals surface area (Å²) in [5.41, 5.74) is 0.874. The fraction of sp³-hybridized carbons (Fsp3) is 0.632. The molecule has 0 unspecified atom stereocenters. The van der Waals surface area contributed by atoms with Crippen molar-refractivity contribution in [1.82, 2.24) is 10.2 Å². The number of amides is 1. The lowest BCUT2D eigenvalue weighted by Gasteiger charge is -2.39. The van der Waals surface area contributed by atoms with Crippen molar-refractivity contribution in [3.63, 3.8) is 0 Å². The molecule has 2 fully saturated rings. The molecule has 138 valence electrons. The number of carbonyl (C=O) groups excluding carboxylic acids is 1. The third kappa shape index (κ3) is 5.00. The highest BCUT2D eigenvalue weighted by atomic mass is 19.1. The largest absolute Gasteiger partial charge is 0.375 e. The number of rotatable bonds is 6. The molecule has 1 N–H and O–H groups in total. The van der Waals surface area contributed by atoms with Gasteiger partial charge in [-0.25, -0.2) is 4.39 Å². The van der Waals surface area contributed by atoms with Gasteiger partial charge in [-0.15, -0.1) is 0 Å². The molecular formula is C19H27FN2O3. The van der Waals surface area contributed by atoms with Gasteiger partial charge in [-0.1, -0.05) is 12.1 Å². The van der Waals surface area contributed by atoms with Gasteiger partial charge in [0.2, 0.25) is 5.91 Å². The second-order valence-corrected chi connectivity index (χ2v) is 7.14. The first-order valence-corrected chi connectivity index (χ1v) is 8.99. The number of halogens is 1. The van der Waals surface area contributed by atoms with Crippen LogP contribution in [-0.2, 0) is 20.8 Å². The van der Waals surface area contributed by atoms with Crippen LogP contribution < -0.4 is 5.32 Å². The van der Waals surface area contributed by atoms with Crippen molar-refractivity contribution in [2.24, 2.45) is 0 Å². The number of methoxy groups -OCH3 is 1. The van der Waals surface area contributed by atoms with Crippen molar-refractivity contribution >= 4 is 5.91 Å². The second-order valence-electron chi connectivity index (χ2n) is 7.14. The third-order valence-corrected chi connectivity index (χ3v) is 5.07. The van der Waals surface area contributed by atoms with Gasteiger partial charge in [-0.2, -0.15) is 0 Å². The van der Waals surface area contributed by atoms with Gasteiger partial charge in [-0.05, 0) is 43.4 Å². The number of nitrogens with zero attached hydrogens (tertiary/aromatic N) is 1. The van der Waals surface area contributed by atoms with Gasteiger partial charge < -0.3 is 14.8 Å². The van der Waals surface area contributed by atoms with Gasteiger partial charge in [0, 0.05) is 33.3 Å². The number of benzene rings is 1. The lowest BCUT2D eigenvalue weighted by atomic mass is 9.90. The summed E-state index contributed by atoms with van der Waals surface area (Å²) in [5, 5.41) is 2.87. The van der Waals surface area contributed by atoms with Crippen LogP contribution in [0.25, 0.3) is 0 Å². The maximum absolute atomic E-state index is 13.4. The van der Waals surface area contributed by atoms with Crippen LogP contribution in [0.15, 0.2) is 24.3 Å². The summed E-state index contributed by atoms with van der Waals surface area (Å²) in [6.07, 6.45) is 4.18. The smallest absolute Gasteiger partial charge is 0.246 e. The normalized spacial score (nSPS) is 26.9. The first kappa shape index (κ1) is 18.3. The molecule has 1 amide bonds. The van der Waals surface area contributed by atoms with E-state index in [4.69, 9.17) is 9.47 Å². The monoisotopic (exact) mass is 350 g/mol. The molecule has 6 heteroatoms. The van der Waals surface area contributed by atoms with Gasteiger partial charge in [0.1, 0.15) is 12.4 Å². The Hall–Kier alpha value is -1.50. The molecule has 0 radical (unpaired) electrons. The topological polar surface area (TPSA) is 50.8 Å². The van der Waals surface area contributed by atoms with E-state index in [-0.39, 0.29) is 30.0 Å². The van der Waals surface area contributed by atoms with E-state index in [1.54, 1.807) is 12.1 Å². The molecule has 25 heavy (non-hydrogen) atoms. The minimum Gasteiger partial charge on any atom is -0.375 e. The molecule has 0 aliphatic carbocycles. The zero-order chi connectivity index (χ0) is 17.7. The van der Waals surface area contributed by atoms with Gasteiger partial charge in [0.15, 0.2) is 0 Å². The quantitative estimate of drug-likeness (QED) is 0.854. The summed E-state index contributed by atoms with van der Waals surface area (Å²) in [5.74, 6) is -0.294. The predicted molar refractivity (Wildman–Crippen MR) is 92.6 cm³/mol. The Morgan fingerprint density at radius 1 is 1.48 bits per heavy atom. The Morgan fingerprint density at radius 2 is 2.36 bits per heavy atom. The molecule has 2 saturated heterocycles. The van der Waals surface area contributed by atoms with Crippen molar-refractivity contribution in [1.29, 1.82) is 0 Å². The minimum atomic E-state index is -0.188. The van der Waals surface area contributed by atoms with Crippen molar-refractivity contribution < 1.29 is 18.7 Å². The molecule has 1 spiro atoms. The van der Waals surface area contributed by atoms with Crippen LogP contribution in [0.3, 0.4) is 0 Å².